The topological polar surface area (TPSA) is 71.2 Å². The molecule has 4 heteroatoms. The van der Waals surface area contributed by atoms with Gasteiger partial charge in [-0.1, -0.05) is 6.07 Å². The molecule has 0 radical (unpaired) electrons. The quantitative estimate of drug-likeness (QED) is 0.722. The molecule has 0 amide bonds. The first kappa shape index (κ1) is 11.3. The monoisotopic (exact) mass is 243 g/mol. The van der Waals surface area contributed by atoms with Crippen molar-refractivity contribution in [2.24, 2.45) is 0 Å². The third-order valence-electron chi connectivity index (χ3n) is 3.87. The number of nitrogens with zero attached hydrogens (tertiary/aromatic N) is 1. The maximum Gasteiger partial charge on any atom is 0.0661 e. The Morgan fingerprint density at radius 1 is 1.33 bits per heavy atom. The van der Waals surface area contributed by atoms with E-state index in [0.29, 0.717) is 0 Å². The van der Waals surface area contributed by atoms with Crippen molar-refractivity contribution in [1.29, 1.82) is 0 Å². The average molecular weight is 243 g/mol. The Morgan fingerprint density at radius 2 is 2.17 bits per heavy atom. The van der Waals surface area contributed by atoms with Crippen molar-refractivity contribution < 1.29 is 5.11 Å². The lowest BCUT2D eigenvalue weighted by Gasteiger charge is -2.42. The number of nitrogens with one attached hydrogen (secondary N) is 1. The van der Waals surface area contributed by atoms with Gasteiger partial charge in [-0.05, 0) is 31.4 Å². The van der Waals surface area contributed by atoms with Crippen LogP contribution in [0.1, 0.15) is 19.3 Å². The molecule has 0 atom stereocenters. The van der Waals surface area contributed by atoms with Crippen LogP contribution in [-0.4, -0.2) is 22.2 Å². The Balaban J connectivity index is 2.00. The zero-order valence-corrected chi connectivity index (χ0v) is 10.2. The van der Waals surface area contributed by atoms with Crippen molar-refractivity contribution in [2.75, 3.05) is 17.7 Å². The lowest BCUT2D eigenvalue weighted by Crippen LogP contribution is -2.48. The Hall–Kier alpha value is -1.81. The van der Waals surface area contributed by atoms with Gasteiger partial charge in [0.15, 0.2) is 0 Å². The molecule has 1 heterocycles. The molecule has 1 saturated carbocycles. The molecule has 1 aromatic heterocycles. The molecule has 2 aromatic rings. The molecule has 94 valence electrons. The SMILES string of the molecule is Nc1c(NC2(CO)CCC2)ccc2cnccc12. The molecule has 0 unspecified atom stereocenters. The molecule has 1 fully saturated rings. The minimum atomic E-state index is -0.172. The van der Waals surface area contributed by atoms with Crippen LogP contribution in [0.5, 0.6) is 0 Å². The summed E-state index contributed by atoms with van der Waals surface area (Å²) in [4.78, 5) is 4.09. The summed E-state index contributed by atoms with van der Waals surface area (Å²) in [6.45, 7) is 0.154. The third kappa shape index (κ3) is 1.69. The van der Waals surface area contributed by atoms with E-state index in [-0.39, 0.29) is 12.1 Å². The highest BCUT2D eigenvalue weighted by molar-refractivity contribution is 5.98. The molecule has 1 aliphatic carbocycles. The van der Waals surface area contributed by atoms with E-state index in [4.69, 9.17) is 5.73 Å². The van der Waals surface area contributed by atoms with Crippen LogP contribution in [0.15, 0.2) is 30.6 Å². The van der Waals surface area contributed by atoms with E-state index >= 15 is 0 Å². The van der Waals surface area contributed by atoms with Crippen molar-refractivity contribution >= 4 is 22.1 Å². The second kappa shape index (κ2) is 4.14. The first-order valence-electron chi connectivity index (χ1n) is 6.25. The highest BCUT2D eigenvalue weighted by atomic mass is 16.3. The first-order chi connectivity index (χ1) is 8.74. The molecule has 4 nitrogen and oxygen atoms in total. The smallest absolute Gasteiger partial charge is 0.0661 e. The van der Waals surface area contributed by atoms with E-state index in [1.54, 1.807) is 12.4 Å². The number of anilines is 2. The molecule has 1 aliphatic rings. The maximum atomic E-state index is 9.49. The van der Waals surface area contributed by atoms with Gasteiger partial charge in [0.1, 0.15) is 0 Å². The average Bonchev–Trinajstić information content (AvgIpc) is 2.37. The number of benzene rings is 1. The Kier molecular flexibility index (Phi) is 2.59. The fraction of sp³-hybridized carbons (Fsp3) is 0.357. The van der Waals surface area contributed by atoms with Gasteiger partial charge in [0.2, 0.25) is 0 Å². The van der Waals surface area contributed by atoms with Crippen LogP contribution in [0.25, 0.3) is 10.8 Å². The number of hydrogen-bond donors (Lipinski definition) is 3. The summed E-state index contributed by atoms with van der Waals surface area (Å²) >= 11 is 0. The fourth-order valence-electron chi connectivity index (χ4n) is 2.51. The molecular formula is C14H17N3O. The lowest BCUT2D eigenvalue weighted by molar-refractivity contribution is 0.144. The summed E-state index contributed by atoms with van der Waals surface area (Å²) in [5.41, 5.74) is 7.65. The van der Waals surface area contributed by atoms with E-state index in [1.165, 1.54) is 0 Å². The number of pyridine rings is 1. The molecule has 0 bridgehead atoms. The van der Waals surface area contributed by atoms with Crippen LogP contribution in [0, 0.1) is 0 Å². The third-order valence-corrected chi connectivity index (χ3v) is 3.87. The predicted octanol–water partition coefficient (Wildman–Crippen LogP) is 2.14. The Bertz CT molecular complexity index is 573. The zero-order valence-electron chi connectivity index (χ0n) is 10.2. The summed E-state index contributed by atoms with van der Waals surface area (Å²) in [5.74, 6) is 0. The molecular weight excluding hydrogens is 226 g/mol. The van der Waals surface area contributed by atoms with Crippen LogP contribution in [-0.2, 0) is 0 Å². The minimum absolute atomic E-state index is 0.154. The Labute approximate surface area is 106 Å². The van der Waals surface area contributed by atoms with Gasteiger partial charge in [-0.25, -0.2) is 0 Å². The van der Waals surface area contributed by atoms with Gasteiger partial charge in [0.05, 0.1) is 23.5 Å². The zero-order chi connectivity index (χ0) is 12.6. The number of fused-ring (bicyclic) bond motifs is 1. The number of rotatable bonds is 3. The number of hydrogen-bond acceptors (Lipinski definition) is 4. The number of nitrogen functional groups attached to an aromatic ring is 1. The van der Waals surface area contributed by atoms with Gasteiger partial charge in [-0.2, -0.15) is 0 Å². The minimum Gasteiger partial charge on any atom is -0.397 e. The summed E-state index contributed by atoms with van der Waals surface area (Å²) in [5, 5.41) is 14.9. The highest BCUT2D eigenvalue weighted by Gasteiger charge is 2.36. The van der Waals surface area contributed by atoms with E-state index < -0.39 is 0 Å². The molecule has 3 rings (SSSR count). The van der Waals surface area contributed by atoms with Crippen LogP contribution >= 0.6 is 0 Å². The molecule has 0 saturated heterocycles. The van der Waals surface area contributed by atoms with Crippen molar-refractivity contribution in [3.8, 4) is 0 Å². The molecule has 0 spiro atoms. The first-order valence-corrected chi connectivity index (χ1v) is 6.25. The van der Waals surface area contributed by atoms with Gasteiger partial charge in [0, 0.05) is 23.2 Å². The number of aromatic nitrogens is 1. The second-order valence-corrected chi connectivity index (χ2v) is 5.04. The summed E-state index contributed by atoms with van der Waals surface area (Å²) in [7, 11) is 0. The van der Waals surface area contributed by atoms with Gasteiger partial charge in [-0.3, -0.25) is 4.98 Å². The van der Waals surface area contributed by atoms with Crippen LogP contribution < -0.4 is 11.1 Å². The highest BCUT2D eigenvalue weighted by Crippen LogP contribution is 2.38. The van der Waals surface area contributed by atoms with Gasteiger partial charge >= 0.3 is 0 Å². The summed E-state index contributed by atoms with van der Waals surface area (Å²) < 4.78 is 0. The normalized spacial score (nSPS) is 17.4. The van der Waals surface area contributed by atoms with Gasteiger partial charge in [-0.15, -0.1) is 0 Å². The van der Waals surface area contributed by atoms with E-state index in [9.17, 15) is 5.11 Å². The fourth-order valence-corrected chi connectivity index (χ4v) is 2.51. The van der Waals surface area contributed by atoms with Crippen LogP contribution in [0.4, 0.5) is 11.4 Å². The molecule has 18 heavy (non-hydrogen) atoms. The van der Waals surface area contributed by atoms with E-state index in [2.05, 4.69) is 10.3 Å². The van der Waals surface area contributed by atoms with Gasteiger partial charge < -0.3 is 16.2 Å². The lowest BCUT2D eigenvalue weighted by atomic mass is 9.77. The Morgan fingerprint density at radius 3 is 2.83 bits per heavy atom. The van der Waals surface area contributed by atoms with Crippen molar-refractivity contribution in [3.05, 3.63) is 30.6 Å². The summed E-state index contributed by atoms with van der Waals surface area (Å²) in [6.07, 6.45) is 6.70. The van der Waals surface area contributed by atoms with Crippen LogP contribution in [0.2, 0.25) is 0 Å². The standard InChI is InChI=1S/C14H17N3O/c15-13-11-4-7-16-8-10(11)2-3-12(13)17-14(9-18)5-1-6-14/h2-4,7-8,17-18H,1,5-6,9,15H2. The molecule has 4 N–H and O–H groups in total. The van der Waals surface area contributed by atoms with E-state index in [1.807, 2.05) is 18.2 Å². The van der Waals surface area contributed by atoms with Crippen molar-refractivity contribution in [1.82, 2.24) is 4.98 Å². The van der Waals surface area contributed by atoms with Gasteiger partial charge in [0.25, 0.3) is 0 Å². The van der Waals surface area contributed by atoms with Crippen molar-refractivity contribution in [3.63, 3.8) is 0 Å². The van der Waals surface area contributed by atoms with E-state index in [0.717, 1.165) is 41.4 Å². The summed E-state index contributed by atoms with van der Waals surface area (Å²) in [6, 6.07) is 5.89. The number of aliphatic hydroxyl groups excluding tert-OH is 1. The predicted molar refractivity (Wildman–Crippen MR) is 73.4 cm³/mol. The number of aliphatic hydroxyl groups is 1. The second-order valence-electron chi connectivity index (χ2n) is 5.04. The molecule has 0 aliphatic heterocycles. The largest absolute Gasteiger partial charge is 0.397 e. The maximum absolute atomic E-state index is 9.49. The number of nitrogens with two attached hydrogens (primary N) is 1. The van der Waals surface area contributed by atoms with Crippen LogP contribution in [0.3, 0.4) is 0 Å². The molecule has 1 aromatic carbocycles. The van der Waals surface area contributed by atoms with Crippen molar-refractivity contribution in [2.45, 2.75) is 24.8 Å².